The van der Waals surface area contributed by atoms with Crippen molar-refractivity contribution >= 4 is 17.5 Å². The Morgan fingerprint density at radius 1 is 1.40 bits per heavy atom. The summed E-state index contributed by atoms with van der Waals surface area (Å²) in [4.78, 5) is 11.7. The smallest absolute Gasteiger partial charge is 0.252 e. The summed E-state index contributed by atoms with van der Waals surface area (Å²) in [7, 11) is 0. The zero-order valence-corrected chi connectivity index (χ0v) is 11.3. The molecular formula is C13H12ClF4NO. The molecule has 1 amide bonds. The van der Waals surface area contributed by atoms with E-state index in [1.807, 2.05) is 0 Å². The number of carbonyl (C=O) groups is 1. The van der Waals surface area contributed by atoms with Crippen LogP contribution in [0.25, 0.3) is 0 Å². The van der Waals surface area contributed by atoms with Gasteiger partial charge in [-0.2, -0.15) is 0 Å². The molecule has 1 aliphatic rings. The molecule has 0 bridgehead atoms. The number of benzene rings is 1. The van der Waals surface area contributed by atoms with E-state index in [0.717, 1.165) is 6.07 Å². The van der Waals surface area contributed by atoms with E-state index in [1.54, 1.807) is 6.92 Å². The normalized spacial score (nSPS) is 16.4. The third-order valence-electron chi connectivity index (χ3n) is 3.47. The third kappa shape index (κ3) is 2.26. The Morgan fingerprint density at radius 3 is 2.45 bits per heavy atom. The molecule has 1 N–H and O–H groups in total. The maximum absolute atomic E-state index is 13.9. The molecule has 7 heteroatoms. The summed E-state index contributed by atoms with van der Waals surface area (Å²) in [5, 5.41) is 1.69. The molecule has 0 aliphatic heterocycles. The predicted octanol–water partition coefficient (Wildman–Crippen LogP) is 3.66. The van der Waals surface area contributed by atoms with E-state index < -0.39 is 40.0 Å². The highest BCUT2D eigenvalue weighted by atomic mass is 35.5. The second-order valence-corrected chi connectivity index (χ2v) is 5.11. The van der Waals surface area contributed by atoms with E-state index >= 15 is 0 Å². The Bertz CT molecular complexity index is 558. The molecule has 2 rings (SSSR count). The lowest BCUT2D eigenvalue weighted by atomic mass is 9.93. The van der Waals surface area contributed by atoms with Gasteiger partial charge in [0.1, 0.15) is 0 Å². The summed E-state index contributed by atoms with van der Waals surface area (Å²) in [6.45, 7) is 1.89. The minimum absolute atomic E-state index is 0.0531. The first-order valence-electron chi connectivity index (χ1n) is 6.09. The highest BCUT2D eigenvalue weighted by Gasteiger charge is 2.54. The van der Waals surface area contributed by atoms with Crippen LogP contribution in [0.15, 0.2) is 6.07 Å². The fourth-order valence-electron chi connectivity index (χ4n) is 2.13. The van der Waals surface area contributed by atoms with Gasteiger partial charge in [0.15, 0.2) is 11.6 Å². The molecule has 0 spiro atoms. The lowest BCUT2D eigenvalue weighted by Crippen LogP contribution is -2.26. The summed E-state index contributed by atoms with van der Waals surface area (Å²) in [5.41, 5.74) is -2.50. The van der Waals surface area contributed by atoms with Crippen molar-refractivity contribution in [2.75, 3.05) is 6.54 Å². The van der Waals surface area contributed by atoms with Gasteiger partial charge in [-0.05, 0) is 25.8 Å². The van der Waals surface area contributed by atoms with Crippen molar-refractivity contribution in [1.29, 1.82) is 0 Å². The van der Waals surface area contributed by atoms with Crippen LogP contribution in [0.2, 0.25) is 5.02 Å². The van der Waals surface area contributed by atoms with Gasteiger partial charge < -0.3 is 5.32 Å². The standard InChI is InChI=1S/C13H12ClF4NO/c1-2-19-11(20)6-5-7(9(15)10(16)8(6)14)13(3-4-13)12(17)18/h5,12H,2-4H2,1H3,(H,19,20). The quantitative estimate of drug-likeness (QED) is 0.667. The van der Waals surface area contributed by atoms with E-state index in [9.17, 15) is 22.4 Å². The monoisotopic (exact) mass is 309 g/mol. The third-order valence-corrected chi connectivity index (χ3v) is 3.84. The van der Waals surface area contributed by atoms with Crippen molar-refractivity contribution < 1.29 is 22.4 Å². The number of halogens is 5. The Kier molecular flexibility index (Phi) is 3.95. The van der Waals surface area contributed by atoms with Gasteiger partial charge >= 0.3 is 0 Å². The summed E-state index contributed by atoms with van der Waals surface area (Å²) < 4.78 is 53.7. The topological polar surface area (TPSA) is 29.1 Å². The molecule has 0 unspecified atom stereocenters. The molecule has 0 aromatic heterocycles. The zero-order chi connectivity index (χ0) is 15.1. The predicted molar refractivity (Wildman–Crippen MR) is 66.3 cm³/mol. The molecule has 1 saturated carbocycles. The number of hydrogen-bond donors (Lipinski definition) is 1. The second-order valence-electron chi connectivity index (χ2n) is 4.73. The van der Waals surface area contributed by atoms with Crippen LogP contribution < -0.4 is 5.32 Å². The minimum atomic E-state index is -2.82. The Labute approximate surface area is 118 Å². The number of nitrogens with one attached hydrogen (secondary N) is 1. The molecular weight excluding hydrogens is 298 g/mol. The molecule has 110 valence electrons. The lowest BCUT2D eigenvalue weighted by Gasteiger charge is -2.18. The van der Waals surface area contributed by atoms with Crippen molar-refractivity contribution in [2.45, 2.75) is 31.6 Å². The van der Waals surface area contributed by atoms with Gasteiger partial charge in [-0.3, -0.25) is 4.79 Å². The van der Waals surface area contributed by atoms with Crippen LogP contribution in [0.1, 0.15) is 35.7 Å². The first-order chi connectivity index (χ1) is 9.35. The van der Waals surface area contributed by atoms with Crippen LogP contribution in [-0.4, -0.2) is 18.9 Å². The Hall–Kier alpha value is -1.30. The largest absolute Gasteiger partial charge is 0.352 e. The van der Waals surface area contributed by atoms with Crippen molar-refractivity contribution in [2.24, 2.45) is 0 Å². The number of rotatable bonds is 4. The zero-order valence-electron chi connectivity index (χ0n) is 10.6. The summed E-state index contributed by atoms with van der Waals surface area (Å²) >= 11 is 5.59. The second kappa shape index (κ2) is 5.24. The van der Waals surface area contributed by atoms with Crippen LogP contribution in [0, 0.1) is 11.6 Å². The van der Waals surface area contributed by atoms with Crippen LogP contribution in [-0.2, 0) is 5.41 Å². The van der Waals surface area contributed by atoms with E-state index in [1.165, 1.54) is 0 Å². The molecule has 1 aliphatic carbocycles. The van der Waals surface area contributed by atoms with E-state index in [2.05, 4.69) is 5.32 Å². The highest BCUT2D eigenvalue weighted by molar-refractivity contribution is 6.34. The molecule has 0 radical (unpaired) electrons. The first-order valence-corrected chi connectivity index (χ1v) is 6.47. The van der Waals surface area contributed by atoms with Crippen LogP contribution in [0.3, 0.4) is 0 Å². The van der Waals surface area contributed by atoms with Gasteiger partial charge in [-0.1, -0.05) is 11.6 Å². The number of hydrogen-bond acceptors (Lipinski definition) is 1. The van der Waals surface area contributed by atoms with Gasteiger partial charge in [0.05, 0.1) is 16.0 Å². The molecule has 0 saturated heterocycles. The van der Waals surface area contributed by atoms with E-state index in [0.29, 0.717) is 0 Å². The maximum atomic E-state index is 13.9. The van der Waals surface area contributed by atoms with Crippen molar-refractivity contribution in [1.82, 2.24) is 5.32 Å². The fourth-order valence-corrected chi connectivity index (χ4v) is 2.35. The minimum Gasteiger partial charge on any atom is -0.352 e. The van der Waals surface area contributed by atoms with Gasteiger partial charge in [0, 0.05) is 12.1 Å². The van der Waals surface area contributed by atoms with E-state index in [4.69, 9.17) is 11.6 Å². The average Bonchev–Trinajstić information content (AvgIpc) is 3.18. The van der Waals surface area contributed by atoms with Gasteiger partial charge in [-0.25, -0.2) is 17.6 Å². The molecule has 20 heavy (non-hydrogen) atoms. The lowest BCUT2D eigenvalue weighted by molar-refractivity contribution is 0.0945. The molecule has 2 nitrogen and oxygen atoms in total. The molecule has 1 aromatic rings. The Balaban J connectivity index is 2.57. The van der Waals surface area contributed by atoms with Crippen molar-refractivity contribution in [3.05, 3.63) is 33.9 Å². The first kappa shape index (κ1) is 15.1. The van der Waals surface area contributed by atoms with Crippen LogP contribution in [0.5, 0.6) is 0 Å². The number of carbonyl (C=O) groups excluding carboxylic acids is 1. The molecule has 1 aromatic carbocycles. The van der Waals surface area contributed by atoms with Crippen LogP contribution >= 0.6 is 11.6 Å². The highest BCUT2D eigenvalue weighted by Crippen LogP contribution is 2.54. The average molecular weight is 310 g/mol. The molecule has 1 fully saturated rings. The number of amides is 1. The van der Waals surface area contributed by atoms with Crippen molar-refractivity contribution in [3.63, 3.8) is 0 Å². The van der Waals surface area contributed by atoms with E-state index in [-0.39, 0.29) is 24.9 Å². The molecule has 0 atom stereocenters. The maximum Gasteiger partial charge on any atom is 0.252 e. The summed E-state index contributed by atoms with van der Waals surface area (Å²) in [6.07, 6.45) is -2.71. The van der Waals surface area contributed by atoms with Gasteiger partial charge in [0.2, 0.25) is 6.43 Å². The fraction of sp³-hybridized carbons (Fsp3) is 0.462. The summed E-state index contributed by atoms with van der Waals surface area (Å²) in [6, 6.07) is 0.935. The number of alkyl halides is 2. The van der Waals surface area contributed by atoms with Gasteiger partial charge in [0.25, 0.3) is 5.91 Å². The summed E-state index contributed by atoms with van der Waals surface area (Å²) in [5.74, 6) is -3.58. The van der Waals surface area contributed by atoms with Crippen molar-refractivity contribution in [3.8, 4) is 0 Å². The van der Waals surface area contributed by atoms with Gasteiger partial charge in [-0.15, -0.1) is 0 Å². The molecule has 0 heterocycles. The van der Waals surface area contributed by atoms with Crippen LogP contribution in [0.4, 0.5) is 17.6 Å². The SMILES string of the molecule is CCNC(=O)c1cc(C2(C(F)F)CC2)c(F)c(F)c1Cl. The Morgan fingerprint density at radius 2 is 2.00 bits per heavy atom.